The number of amides is 2. The lowest BCUT2D eigenvalue weighted by atomic mass is 9.97. The second kappa shape index (κ2) is 6.84. The quantitative estimate of drug-likeness (QED) is 0.642. The summed E-state index contributed by atoms with van der Waals surface area (Å²) in [6.07, 6.45) is 3.46. The van der Waals surface area contributed by atoms with Gasteiger partial charge in [0, 0.05) is 11.6 Å². The van der Waals surface area contributed by atoms with Crippen LogP contribution in [0.5, 0.6) is 5.88 Å². The Bertz CT molecular complexity index is 1120. The van der Waals surface area contributed by atoms with Gasteiger partial charge in [0.25, 0.3) is 11.6 Å². The van der Waals surface area contributed by atoms with Crippen molar-refractivity contribution in [3.63, 3.8) is 0 Å². The molecule has 1 aromatic heterocycles. The fourth-order valence-corrected chi connectivity index (χ4v) is 4.03. The Kier molecular flexibility index (Phi) is 4.45. The van der Waals surface area contributed by atoms with Gasteiger partial charge in [0.05, 0.1) is 12.1 Å². The minimum Gasteiger partial charge on any atom is -0.441 e. The molecule has 0 atom stereocenters. The number of allylic oxidation sites excluding steroid dienone is 2. The van der Waals surface area contributed by atoms with Crippen molar-refractivity contribution < 1.29 is 23.3 Å². The number of halogens is 1. The topological polar surface area (TPSA) is 76.5 Å². The molecule has 0 saturated heterocycles. The summed E-state index contributed by atoms with van der Waals surface area (Å²) in [5.74, 6) is -1.14. The number of carbonyl (C=O) groups is 2. The first-order valence-corrected chi connectivity index (χ1v) is 9.28. The van der Waals surface area contributed by atoms with Crippen LogP contribution in [-0.2, 0) is 11.2 Å². The number of anilines is 1. The van der Waals surface area contributed by atoms with Crippen LogP contribution in [0.4, 0.5) is 10.1 Å². The lowest BCUT2D eigenvalue weighted by Gasteiger charge is -2.26. The zero-order valence-corrected chi connectivity index (χ0v) is 16.3. The van der Waals surface area contributed by atoms with E-state index in [4.69, 9.17) is 10.5 Å². The third-order valence-electron chi connectivity index (χ3n) is 5.54. The Labute approximate surface area is 167 Å². The molecular formula is C22H21FN3O3+. The van der Waals surface area contributed by atoms with E-state index in [1.807, 2.05) is 13.8 Å². The van der Waals surface area contributed by atoms with Gasteiger partial charge in [-0.3, -0.25) is 14.5 Å². The van der Waals surface area contributed by atoms with Crippen molar-refractivity contribution in [1.82, 2.24) is 0 Å². The zero-order valence-electron chi connectivity index (χ0n) is 16.3. The van der Waals surface area contributed by atoms with Crippen molar-refractivity contribution in [2.24, 2.45) is 5.73 Å². The molecule has 1 aromatic carbocycles. The van der Waals surface area contributed by atoms with Gasteiger partial charge in [-0.15, -0.1) is 4.57 Å². The van der Waals surface area contributed by atoms with Crippen LogP contribution in [0.1, 0.15) is 35.3 Å². The largest absolute Gasteiger partial charge is 0.441 e. The number of primary amides is 1. The number of aromatic nitrogens is 1. The third kappa shape index (κ3) is 2.81. The predicted octanol–water partition coefficient (Wildman–Crippen LogP) is 2.46. The van der Waals surface area contributed by atoms with Gasteiger partial charge in [-0.05, 0) is 49.6 Å². The highest BCUT2D eigenvalue weighted by Gasteiger charge is 2.37. The van der Waals surface area contributed by atoms with E-state index in [1.165, 1.54) is 12.1 Å². The Balaban J connectivity index is 2.01. The van der Waals surface area contributed by atoms with Gasteiger partial charge in [0.15, 0.2) is 17.7 Å². The molecule has 4 rings (SSSR count). The molecule has 0 saturated carbocycles. The molecule has 0 unspecified atom stereocenters. The van der Waals surface area contributed by atoms with Crippen LogP contribution in [-0.4, -0.2) is 25.0 Å². The number of hydrogen-bond acceptors (Lipinski definition) is 3. The van der Waals surface area contributed by atoms with Crippen LogP contribution >= 0.6 is 0 Å². The van der Waals surface area contributed by atoms with Crippen LogP contribution in [0.25, 0.3) is 11.3 Å². The molecule has 148 valence electrons. The molecule has 0 bridgehead atoms. The summed E-state index contributed by atoms with van der Waals surface area (Å²) in [7, 11) is 0. The maximum atomic E-state index is 15.3. The summed E-state index contributed by atoms with van der Waals surface area (Å²) in [4.78, 5) is 25.7. The number of benzene rings is 1. The first kappa shape index (κ1) is 18.9. The van der Waals surface area contributed by atoms with E-state index in [9.17, 15) is 9.59 Å². The Hall–Kier alpha value is -3.48. The lowest BCUT2D eigenvalue weighted by Crippen LogP contribution is -2.44. The minimum atomic E-state index is -0.659. The SMILES string of the molecule is C=CC(=O)N1CCOc2c1ccc[n+]2-c1c(F)cc(C(N)=O)c2c1C(C)=C(C)C2. The van der Waals surface area contributed by atoms with E-state index in [0.29, 0.717) is 35.7 Å². The Morgan fingerprint density at radius 3 is 2.83 bits per heavy atom. The Morgan fingerprint density at radius 1 is 1.38 bits per heavy atom. The minimum absolute atomic E-state index is 0.187. The Morgan fingerprint density at radius 2 is 2.14 bits per heavy atom. The fourth-order valence-electron chi connectivity index (χ4n) is 4.03. The summed E-state index contributed by atoms with van der Waals surface area (Å²) in [6, 6.07) is 4.66. The van der Waals surface area contributed by atoms with E-state index in [1.54, 1.807) is 27.8 Å². The monoisotopic (exact) mass is 394 g/mol. The summed E-state index contributed by atoms with van der Waals surface area (Å²) >= 11 is 0. The molecule has 2 heterocycles. The molecule has 0 radical (unpaired) electrons. The van der Waals surface area contributed by atoms with E-state index in [2.05, 4.69) is 6.58 Å². The molecule has 1 aliphatic heterocycles. The van der Waals surface area contributed by atoms with E-state index in [-0.39, 0.29) is 23.8 Å². The molecule has 2 aliphatic rings. The van der Waals surface area contributed by atoms with Crippen molar-refractivity contribution in [2.45, 2.75) is 20.3 Å². The first-order valence-electron chi connectivity index (χ1n) is 9.28. The first-order chi connectivity index (χ1) is 13.8. The van der Waals surface area contributed by atoms with Crippen LogP contribution < -0.4 is 19.9 Å². The van der Waals surface area contributed by atoms with Gasteiger partial charge in [0.1, 0.15) is 6.61 Å². The van der Waals surface area contributed by atoms with Gasteiger partial charge in [-0.2, -0.15) is 4.39 Å². The van der Waals surface area contributed by atoms with Gasteiger partial charge in [0.2, 0.25) is 5.91 Å². The summed E-state index contributed by atoms with van der Waals surface area (Å²) < 4.78 is 22.8. The molecule has 29 heavy (non-hydrogen) atoms. The van der Waals surface area contributed by atoms with Crippen molar-refractivity contribution in [3.8, 4) is 11.6 Å². The average molecular weight is 394 g/mol. The van der Waals surface area contributed by atoms with Crippen molar-refractivity contribution in [3.05, 3.63) is 65.1 Å². The van der Waals surface area contributed by atoms with Gasteiger partial charge >= 0.3 is 5.88 Å². The highest BCUT2D eigenvalue weighted by molar-refractivity contribution is 6.02. The molecule has 1 aliphatic carbocycles. The highest BCUT2D eigenvalue weighted by atomic mass is 19.1. The smallest absolute Gasteiger partial charge is 0.398 e. The van der Waals surface area contributed by atoms with Crippen molar-refractivity contribution >= 4 is 23.1 Å². The van der Waals surface area contributed by atoms with Gasteiger partial charge < -0.3 is 10.5 Å². The molecule has 0 spiro atoms. The van der Waals surface area contributed by atoms with Gasteiger partial charge in [-0.25, -0.2) is 0 Å². The molecule has 2 amide bonds. The van der Waals surface area contributed by atoms with Crippen LogP contribution in [0.2, 0.25) is 0 Å². The van der Waals surface area contributed by atoms with E-state index in [0.717, 1.165) is 11.1 Å². The number of fused-ring (bicyclic) bond motifs is 2. The number of rotatable bonds is 3. The highest BCUT2D eigenvalue weighted by Crippen LogP contribution is 2.39. The normalized spacial score (nSPS) is 14.9. The van der Waals surface area contributed by atoms with Crippen molar-refractivity contribution in [1.29, 1.82) is 0 Å². The molecule has 7 heteroatoms. The van der Waals surface area contributed by atoms with Crippen LogP contribution in [0.15, 0.2) is 42.6 Å². The second-order valence-corrected chi connectivity index (χ2v) is 7.17. The molecule has 2 N–H and O–H groups in total. The molecule has 6 nitrogen and oxygen atoms in total. The van der Waals surface area contributed by atoms with Crippen LogP contribution in [0, 0.1) is 5.82 Å². The van der Waals surface area contributed by atoms with Crippen LogP contribution in [0.3, 0.4) is 0 Å². The number of nitrogens with two attached hydrogens (primary N) is 1. The maximum absolute atomic E-state index is 15.3. The molecular weight excluding hydrogens is 373 g/mol. The summed E-state index contributed by atoms with van der Waals surface area (Å²) in [6.45, 7) is 8.05. The molecule has 0 fully saturated rings. The number of carbonyl (C=O) groups excluding carboxylic acids is 2. The average Bonchev–Trinajstić information content (AvgIpc) is 3.00. The number of pyridine rings is 1. The predicted molar refractivity (Wildman–Crippen MR) is 106 cm³/mol. The number of nitrogens with zero attached hydrogens (tertiary/aromatic N) is 2. The van der Waals surface area contributed by atoms with Crippen molar-refractivity contribution in [2.75, 3.05) is 18.1 Å². The summed E-state index contributed by atoms with van der Waals surface area (Å²) in [5.41, 5.74) is 9.81. The lowest BCUT2D eigenvalue weighted by molar-refractivity contribution is -0.605. The fraction of sp³-hybridized carbons (Fsp3) is 0.227. The standard InChI is InChI=1S/C22H20FN3O3/c1-4-18(27)25-8-9-29-22-17(25)6-5-7-26(22)20-16(23)11-15(21(24)28)14-10-12(2)13(3)19(14)20/h4-7,11H,1,8-10H2,2-3H3,(H-,24,28)/p+1. The molecule has 2 aromatic rings. The summed E-state index contributed by atoms with van der Waals surface area (Å²) in [5, 5.41) is 0. The zero-order chi connectivity index (χ0) is 20.9. The second-order valence-electron chi connectivity index (χ2n) is 7.17. The van der Waals surface area contributed by atoms with E-state index < -0.39 is 11.7 Å². The third-order valence-corrected chi connectivity index (χ3v) is 5.54. The number of ether oxygens (including phenoxy) is 1. The maximum Gasteiger partial charge on any atom is 0.398 e. The van der Waals surface area contributed by atoms with Gasteiger partial charge in [-0.1, -0.05) is 12.2 Å². The number of hydrogen-bond donors (Lipinski definition) is 1. The van der Waals surface area contributed by atoms with E-state index >= 15 is 4.39 Å².